The number of hydrogen-bond donors (Lipinski definition) is 2. The molecule has 0 radical (unpaired) electrons. The molecule has 1 aromatic heterocycles. The third-order valence-corrected chi connectivity index (χ3v) is 10.7. The van der Waals surface area contributed by atoms with Crippen LogP contribution in [0.3, 0.4) is 0 Å². The number of Topliss-reactive ketones (excluding diaryl/α,β-unsaturated/α-hetero) is 1. The average molecular weight is 905 g/mol. The normalized spacial score (nSPS) is 13.6. The van der Waals surface area contributed by atoms with Crippen molar-refractivity contribution in [3.63, 3.8) is 0 Å². The number of benzene rings is 2. The Labute approximate surface area is 385 Å². The van der Waals surface area contributed by atoms with Gasteiger partial charge in [-0.1, -0.05) is 109 Å². The number of rotatable bonds is 28. The number of carbonyl (C=O) groups is 5. The van der Waals surface area contributed by atoms with E-state index in [1.54, 1.807) is 18.3 Å². The largest absolute Gasteiger partial charge is 0.469 e. The van der Waals surface area contributed by atoms with Crippen molar-refractivity contribution in [1.82, 2.24) is 20.7 Å². The standard InChI is InChI=1S/C50H72N4O11/c1-10-16-44(56)65-43(35-54(53-47(58)40(49(2,3)4)33-45(57)61-9)34-37-20-22-38(23-21-37)41-19-14-15-24-51-41)39(31-36-17-12-11-13-18-36)32-42(55)46(50(5,6)7)52-48(59)64-30-29-63-28-27-62-26-25-60-8/h11-15,17-24,39-40,43,46H,10,16,25-35H2,1-9H3,(H,52,59)(H,53,58)/t39-,40?,43+,46-/m1/s1. The Morgan fingerprint density at radius 3 is 1.95 bits per heavy atom. The molecular formula is C50H72N4O11. The van der Waals surface area contributed by atoms with Crippen LogP contribution >= 0.6 is 0 Å². The maximum Gasteiger partial charge on any atom is 0.407 e. The number of hydrazine groups is 1. The summed E-state index contributed by atoms with van der Waals surface area (Å²) in [6, 6.07) is 22.0. The lowest BCUT2D eigenvalue weighted by Crippen LogP contribution is -2.53. The Hall–Kier alpha value is -5.22. The van der Waals surface area contributed by atoms with Crippen molar-refractivity contribution in [2.24, 2.45) is 22.7 Å². The predicted octanol–water partition coefficient (Wildman–Crippen LogP) is 7.16. The van der Waals surface area contributed by atoms with Gasteiger partial charge in [0.15, 0.2) is 5.78 Å². The maximum atomic E-state index is 14.6. The number of carbonyl (C=O) groups excluding carboxylic acids is 5. The van der Waals surface area contributed by atoms with Gasteiger partial charge < -0.3 is 33.7 Å². The van der Waals surface area contributed by atoms with Crippen molar-refractivity contribution in [2.75, 3.05) is 60.4 Å². The number of aromatic nitrogens is 1. The smallest absolute Gasteiger partial charge is 0.407 e. The summed E-state index contributed by atoms with van der Waals surface area (Å²) in [5.74, 6) is -3.08. The van der Waals surface area contributed by atoms with Crippen LogP contribution in [0, 0.1) is 22.7 Å². The number of alkyl carbamates (subject to hydrolysis) is 1. The third-order valence-electron chi connectivity index (χ3n) is 10.7. The van der Waals surface area contributed by atoms with Crippen molar-refractivity contribution >= 4 is 29.7 Å². The number of ether oxygens (including phenoxy) is 6. The monoisotopic (exact) mass is 905 g/mol. The van der Waals surface area contributed by atoms with E-state index in [1.165, 1.54) is 7.11 Å². The second-order valence-corrected chi connectivity index (χ2v) is 18.2. The van der Waals surface area contributed by atoms with Crippen LogP contribution in [0.25, 0.3) is 11.3 Å². The molecule has 0 bridgehead atoms. The van der Waals surface area contributed by atoms with Crippen LogP contribution in [0.4, 0.5) is 4.79 Å². The van der Waals surface area contributed by atoms with Gasteiger partial charge in [-0.25, -0.2) is 9.80 Å². The molecule has 2 aromatic carbocycles. The number of methoxy groups -OCH3 is 2. The minimum absolute atomic E-state index is 0.0177. The molecule has 15 heteroatoms. The van der Waals surface area contributed by atoms with Crippen LogP contribution in [0.1, 0.15) is 85.3 Å². The molecule has 0 spiro atoms. The molecular weight excluding hydrogens is 833 g/mol. The SMILES string of the molecule is CCCC(=O)O[C@@H](CN(Cc1ccc(-c2ccccn2)cc1)NC(=O)C(CC(=O)OC)C(C)(C)C)[C@@H](CC(=O)[C@@H](NC(=O)OCCOCCOCCOC)C(C)(C)C)Cc1ccccc1. The molecule has 0 aliphatic carbocycles. The van der Waals surface area contributed by atoms with Crippen LogP contribution in [0.15, 0.2) is 79.0 Å². The third kappa shape index (κ3) is 20.2. The first-order valence-electron chi connectivity index (χ1n) is 22.4. The molecule has 358 valence electrons. The summed E-state index contributed by atoms with van der Waals surface area (Å²) in [4.78, 5) is 72.6. The average Bonchev–Trinajstić information content (AvgIpc) is 3.26. The van der Waals surface area contributed by atoms with Crippen molar-refractivity contribution in [1.29, 1.82) is 0 Å². The summed E-state index contributed by atoms with van der Waals surface area (Å²) in [5.41, 5.74) is 5.14. The van der Waals surface area contributed by atoms with Gasteiger partial charge in [0.2, 0.25) is 5.91 Å². The molecule has 0 saturated carbocycles. The summed E-state index contributed by atoms with van der Waals surface area (Å²) < 4.78 is 32.5. The molecule has 3 aromatic rings. The fraction of sp³-hybridized carbons (Fsp3) is 0.560. The van der Waals surface area contributed by atoms with Gasteiger partial charge in [0.25, 0.3) is 0 Å². The summed E-state index contributed by atoms with van der Waals surface area (Å²) in [6.45, 7) is 14.9. The minimum Gasteiger partial charge on any atom is -0.469 e. The lowest BCUT2D eigenvalue weighted by molar-refractivity contribution is -0.156. The van der Waals surface area contributed by atoms with E-state index in [-0.39, 0.29) is 51.3 Å². The zero-order valence-electron chi connectivity index (χ0n) is 39.9. The molecule has 4 atom stereocenters. The number of pyridine rings is 1. The maximum absolute atomic E-state index is 14.6. The molecule has 0 fully saturated rings. The van der Waals surface area contributed by atoms with Crippen LogP contribution in [0.2, 0.25) is 0 Å². The van der Waals surface area contributed by atoms with Gasteiger partial charge in [-0.3, -0.25) is 29.6 Å². The van der Waals surface area contributed by atoms with Crippen molar-refractivity contribution in [3.8, 4) is 11.3 Å². The van der Waals surface area contributed by atoms with Gasteiger partial charge in [-0.15, -0.1) is 0 Å². The number of hydrogen-bond acceptors (Lipinski definition) is 13. The fourth-order valence-electron chi connectivity index (χ4n) is 7.12. The van der Waals surface area contributed by atoms with Crippen molar-refractivity contribution < 1.29 is 52.4 Å². The van der Waals surface area contributed by atoms with Crippen molar-refractivity contribution in [3.05, 3.63) is 90.1 Å². The highest BCUT2D eigenvalue weighted by atomic mass is 16.6. The van der Waals surface area contributed by atoms with Crippen LogP contribution in [-0.4, -0.2) is 112 Å². The Kier molecular flexibility index (Phi) is 23.3. The Balaban J connectivity index is 1.99. The lowest BCUT2D eigenvalue weighted by Gasteiger charge is -2.36. The molecule has 0 saturated heterocycles. The zero-order chi connectivity index (χ0) is 47.8. The van der Waals surface area contributed by atoms with E-state index in [0.29, 0.717) is 39.3 Å². The topological polar surface area (TPSA) is 181 Å². The molecule has 2 N–H and O–H groups in total. The second-order valence-electron chi connectivity index (χ2n) is 18.2. The highest BCUT2D eigenvalue weighted by Gasteiger charge is 2.39. The summed E-state index contributed by atoms with van der Waals surface area (Å²) >= 11 is 0. The van der Waals surface area contributed by atoms with Crippen molar-refractivity contribution in [2.45, 2.75) is 99.3 Å². The minimum atomic E-state index is -0.977. The molecule has 65 heavy (non-hydrogen) atoms. The zero-order valence-corrected chi connectivity index (χ0v) is 39.9. The number of nitrogens with zero attached hydrogens (tertiary/aromatic N) is 2. The van der Waals surface area contributed by atoms with E-state index in [1.807, 2.05) is 121 Å². The number of esters is 2. The van der Waals surface area contributed by atoms with E-state index < -0.39 is 58.8 Å². The van der Waals surface area contributed by atoms with Gasteiger partial charge in [0.1, 0.15) is 12.7 Å². The first-order chi connectivity index (χ1) is 30.9. The molecule has 15 nitrogen and oxygen atoms in total. The van der Waals surface area contributed by atoms with E-state index in [4.69, 9.17) is 28.4 Å². The lowest BCUT2D eigenvalue weighted by atomic mass is 9.78. The molecule has 2 amide bonds. The van der Waals surface area contributed by atoms with Crippen LogP contribution in [-0.2, 0) is 60.6 Å². The second kappa shape index (κ2) is 28.0. The first-order valence-corrected chi connectivity index (χ1v) is 22.4. The number of nitrogens with one attached hydrogen (secondary N) is 2. The van der Waals surface area contributed by atoms with Crippen LogP contribution < -0.4 is 10.7 Å². The van der Waals surface area contributed by atoms with E-state index in [9.17, 15) is 24.0 Å². The van der Waals surface area contributed by atoms with E-state index in [2.05, 4.69) is 15.7 Å². The number of amides is 2. The summed E-state index contributed by atoms with van der Waals surface area (Å²) in [7, 11) is 2.88. The molecule has 0 aliphatic rings. The predicted molar refractivity (Wildman–Crippen MR) is 247 cm³/mol. The highest BCUT2D eigenvalue weighted by Crippen LogP contribution is 2.31. The van der Waals surface area contributed by atoms with Gasteiger partial charge in [-0.05, 0) is 46.9 Å². The van der Waals surface area contributed by atoms with Gasteiger partial charge in [0.05, 0.1) is 70.8 Å². The Morgan fingerprint density at radius 2 is 1.37 bits per heavy atom. The summed E-state index contributed by atoms with van der Waals surface area (Å²) in [6.07, 6.45) is 0.777. The van der Waals surface area contributed by atoms with E-state index in [0.717, 1.165) is 22.4 Å². The number of ketones is 1. The Bertz CT molecular complexity index is 1880. The molecule has 1 unspecified atom stereocenters. The fourth-order valence-corrected chi connectivity index (χ4v) is 7.12. The quantitative estimate of drug-likeness (QED) is 0.0325. The molecule has 0 aliphatic heterocycles. The van der Waals surface area contributed by atoms with Crippen LogP contribution in [0.5, 0.6) is 0 Å². The first kappa shape index (κ1) is 54.1. The van der Waals surface area contributed by atoms with Gasteiger partial charge in [0, 0.05) is 44.2 Å². The molecule has 1 heterocycles. The van der Waals surface area contributed by atoms with E-state index >= 15 is 0 Å². The highest BCUT2D eigenvalue weighted by molar-refractivity contribution is 5.88. The summed E-state index contributed by atoms with van der Waals surface area (Å²) in [5, 5.41) is 4.48. The molecule has 3 rings (SSSR count). The Morgan fingerprint density at radius 1 is 0.723 bits per heavy atom. The van der Waals surface area contributed by atoms with Gasteiger partial charge in [-0.2, -0.15) is 0 Å². The van der Waals surface area contributed by atoms with Gasteiger partial charge >= 0.3 is 18.0 Å².